The van der Waals surface area contributed by atoms with Crippen LogP contribution in [0, 0.1) is 0 Å². The second-order valence-corrected chi connectivity index (χ2v) is 6.50. The van der Waals surface area contributed by atoms with Crippen LogP contribution in [0.3, 0.4) is 0 Å². The highest BCUT2D eigenvalue weighted by Crippen LogP contribution is 2.33. The average molecular weight is 385 g/mol. The largest absolute Gasteiger partial charge is 0.366 e. The summed E-state index contributed by atoms with van der Waals surface area (Å²) in [7, 11) is 0. The molecule has 3 aromatic rings. The number of aromatic nitrogens is 1. The van der Waals surface area contributed by atoms with E-state index in [-0.39, 0.29) is 17.0 Å². The second-order valence-electron chi connectivity index (χ2n) is 6.50. The van der Waals surface area contributed by atoms with Gasteiger partial charge in [-0.3, -0.25) is 0 Å². The van der Waals surface area contributed by atoms with Gasteiger partial charge in [0.25, 0.3) is 0 Å². The first kappa shape index (κ1) is 18.5. The Morgan fingerprint density at radius 3 is 2.00 bits per heavy atom. The minimum absolute atomic E-state index is 0. The van der Waals surface area contributed by atoms with Crippen LogP contribution in [-0.4, -0.2) is 17.1 Å². The van der Waals surface area contributed by atoms with Crippen LogP contribution in [0.1, 0.15) is 27.7 Å². The molecular weight excluding hydrogens is 360 g/mol. The zero-order valence-electron chi connectivity index (χ0n) is 14.7. The molecule has 0 N–H and O–H groups in total. The lowest BCUT2D eigenvalue weighted by atomic mass is 10.0. The number of anilines is 1. The zero-order valence-corrected chi connectivity index (χ0v) is 16.4. The SMILES string of the molecule is Br.CC(C)N(c1cc(-c2ccccc2)nc2ccccc12)C(C)C. The zero-order chi connectivity index (χ0) is 16.4. The minimum atomic E-state index is 0. The Kier molecular flexibility index (Phi) is 6.00. The number of para-hydroxylation sites is 1. The Hall–Kier alpha value is -1.87. The van der Waals surface area contributed by atoms with Crippen molar-refractivity contribution < 1.29 is 0 Å². The number of hydrogen-bond acceptors (Lipinski definition) is 2. The fourth-order valence-electron chi connectivity index (χ4n) is 3.28. The predicted molar refractivity (Wildman–Crippen MR) is 110 cm³/mol. The fraction of sp³-hybridized carbons (Fsp3) is 0.286. The van der Waals surface area contributed by atoms with E-state index in [4.69, 9.17) is 4.98 Å². The smallest absolute Gasteiger partial charge is 0.0730 e. The molecular formula is C21H25BrN2. The molecule has 0 aliphatic rings. The van der Waals surface area contributed by atoms with Gasteiger partial charge in [0.15, 0.2) is 0 Å². The normalized spacial score (nSPS) is 10.9. The van der Waals surface area contributed by atoms with Crippen molar-refractivity contribution in [3.05, 3.63) is 60.7 Å². The summed E-state index contributed by atoms with van der Waals surface area (Å²) in [4.78, 5) is 7.35. The highest BCUT2D eigenvalue weighted by atomic mass is 79.9. The quantitative estimate of drug-likeness (QED) is 0.539. The number of nitrogens with zero attached hydrogens (tertiary/aromatic N) is 2. The Morgan fingerprint density at radius 1 is 0.792 bits per heavy atom. The van der Waals surface area contributed by atoms with Crippen molar-refractivity contribution in [2.75, 3.05) is 4.90 Å². The van der Waals surface area contributed by atoms with Crippen molar-refractivity contribution in [3.8, 4) is 11.3 Å². The molecule has 1 heterocycles. The molecule has 0 aliphatic carbocycles. The molecule has 0 atom stereocenters. The molecule has 0 spiro atoms. The van der Waals surface area contributed by atoms with Crippen LogP contribution < -0.4 is 4.90 Å². The summed E-state index contributed by atoms with van der Waals surface area (Å²) in [6, 6.07) is 21.9. The first-order chi connectivity index (χ1) is 11.1. The number of halogens is 1. The molecule has 126 valence electrons. The lowest BCUT2D eigenvalue weighted by Crippen LogP contribution is -2.37. The number of fused-ring (bicyclic) bond motifs is 1. The summed E-state index contributed by atoms with van der Waals surface area (Å²) in [5.41, 5.74) is 4.51. The number of benzene rings is 2. The maximum atomic E-state index is 4.88. The number of rotatable bonds is 4. The van der Waals surface area contributed by atoms with Gasteiger partial charge in [-0.15, -0.1) is 17.0 Å². The maximum absolute atomic E-state index is 4.88. The standard InChI is InChI=1S/C21H24N2.BrH/c1-15(2)23(16(3)4)21-14-20(17-10-6-5-7-11-17)22-19-13-9-8-12-18(19)21;/h5-16H,1-4H3;1H. The molecule has 0 saturated heterocycles. The molecule has 0 radical (unpaired) electrons. The molecule has 1 aromatic heterocycles. The van der Waals surface area contributed by atoms with Gasteiger partial charge in [-0.25, -0.2) is 4.98 Å². The van der Waals surface area contributed by atoms with Gasteiger partial charge in [0.1, 0.15) is 0 Å². The van der Waals surface area contributed by atoms with Crippen LogP contribution >= 0.6 is 17.0 Å². The van der Waals surface area contributed by atoms with E-state index in [1.54, 1.807) is 0 Å². The van der Waals surface area contributed by atoms with Crippen molar-refractivity contribution >= 4 is 33.6 Å². The summed E-state index contributed by atoms with van der Waals surface area (Å²) < 4.78 is 0. The van der Waals surface area contributed by atoms with Crippen molar-refractivity contribution in [1.82, 2.24) is 4.98 Å². The van der Waals surface area contributed by atoms with Crippen molar-refractivity contribution in [1.29, 1.82) is 0 Å². The Bertz CT molecular complexity index is 789. The van der Waals surface area contributed by atoms with Gasteiger partial charge >= 0.3 is 0 Å². The second kappa shape index (κ2) is 7.80. The maximum Gasteiger partial charge on any atom is 0.0730 e. The lowest BCUT2D eigenvalue weighted by molar-refractivity contribution is 0.610. The van der Waals surface area contributed by atoms with Crippen molar-refractivity contribution in [2.24, 2.45) is 0 Å². The first-order valence-electron chi connectivity index (χ1n) is 8.31. The summed E-state index contributed by atoms with van der Waals surface area (Å²) in [6.45, 7) is 8.99. The van der Waals surface area contributed by atoms with E-state index in [1.165, 1.54) is 11.1 Å². The van der Waals surface area contributed by atoms with Gasteiger partial charge in [-0.1, -0.05) is 48.5 Å². The fourth-order valence-corrected chi connectivity index (χ4v) is 3.28. The Morgan fingerprint density at radius 2 is 1.38 bits per heavy atom. The molecule has 0 fully saturated rings. The molecule has 2 aromatic carbocycles. The van der Waals surface area contributed by atoms with Crippen molar-refractivity contribution in [3.63, 3.8) is 0 Å². The molecule has 3 rings (SSSR count). The van der Waals surface area contributed by atoms with Crippen LogP contribution in [0.4, 0.5) is 5.69 Å². The summed E-state index contributed by atoms with van der Waals surface area (Å²) >= 11 is 0. The third kappa shape index (κ3) is 3.62. The molecule has 0 unspecified atom stereocenters. The summed E-state index contributed by atoms with van der Waals surface area (Å²) in [5.74, 6) is 0. The highest BCUT2D eigenvalue weighted by molar-refractivity contribution is 8.93. The predicted octanol–water partition coefficient (Wildman–Crippen LogP) is 6.10. The van der Waals surface area contributed by atoms with E-state index in [2.05, 4.69) is 87.2 Å². The van der Waals surface area contributed by atoms with Gasteiger partial charge in [0.2, 0.25) is 0 Å². The van der Waals surface area contributed by atoms with E-state index in [0.717, 1.165) is 16.8 Å². The summed E-state index contributed by atoms with van der Waals surface area (Å²) in [6.07, 6.45) is 0. The molecule has 3 heteroatoms. The third-order valence-electron chi connectivity index (χ3n) is 4.15. The molecule has 0 aliphatic heterocycles. The first-order valence-corrected chi connectivity index (χ1v) is 8.31. The van der Waals surface area contributed by atoms with Gasteiger partial charge in [0.05, 0.1) is 11.2 Å². The van der Waals surface area contributed by atoms with Crippen LogP contribution in [0.15, 0.2) is 60.7 Å². The lowest BCUT2D eigenvalue weighted by Gasteiger charge is -2.34. The Balaban J connectivity index is 0.00000208. The molecule has 0 amide bonds. The molecule has 0 saturated carbocycles. The summed E-state index contributed by atoms with van der Waals surface area (Å²) in [5, 5.41) is 1.22. The topological polar surface area (TPSA) is 16.1 Å². The molecule has 24 heavy (non-hydrogen) atoms. The average Bonchev–Trinajstić information content (AvgIpc) is 2.55. The third-order valence-corrected chi connectivity index (χ3v) is 4.15. The van der Waals surface area contributed by atoms with Crippen LogP contribution in [0.5, 0.6) is 0 Å². The Labute approximate surface area is 155 Å². The highest BCUT2D eigenvalue weighted by Gasteiger charge is 2.18. The van der Waals surface area contributed by atoms with Gasteiger partial charge < -0.3 is 4.90 Å². The monoisotopic (exact) mass is 384 g/mol. The van der Waals surface area contributed by atoms with E-state index >= 15 is 0 Å². The van der Waals surface area contributed by atoms with Crippen molar-refractivity contribution in [2.45, 2.75) is 39.8 Å². The van der Waals surface area contributed by atoms with Gasteiger partial charge in [-0.05, 0) is 39.8 Å². The van der Waals surface area contributed by atoms with Crippen LogP contribution in [0.2, 0.25) is 0 Å². The van der Waals surface area contributed by atoms with E-state index in [0.29, 0.717) is 12.1 Å². The van der Waals surface area contributed by atoms with E-state index in [9.17, 15) is 0 Å². The van der Waals surface area contributed by atoms with Crippen LogP contribution in [-0.2, 0) is 0 Å². The minimum Gasteiger partial charge on any atom is -0.366 e. The van der Waals surface area contributed by atoms with Gasteiger partial charge in [0, 0.05) is 28.7 Å². The van der Waals surface area contributed by atoms with E-state index in [1.807, 2.05) is 6.07 Å². The number of hydrogen-bond donors (Lipinski definition) is 0. The number of pyridine rings is 1. The van der Waals surface area contributed by atoms with Crippen LogP contribution in [0.25, 0.3) is 22.2 Å². The van der Waals surface area contributed by atoms with E-state index < -0.39 is 0 Å². The molecule has 2 nitrogen and oxygen atoms in total. The van der Waals surface area contributed by atoms with Gasteiger partial charge in [-0.2, -0.15) is 0 Å². The molecule has 0 bridgehead atoms.